The zero-order valence-corrected chi connectivity index (χ0v) is 28.4. The Morgan fingerprint density at radius 3 is 2.34 bits per heavy atom. The van der Waals surface area contributed by atoms with E-state index in [1.54, 1.807) is 59.6 Å². The lowest BCUT2D eigenvalue weighted by Crippen LogP contribution is -2.81. The molecule has 3 N–H and O–H groups in total. The van der Waals surface area contributed by atoms with Crippen molar-refractivity contribution in [3.63, 3.8) is 0 Å². The van der Waals surface area contributed by atoms with Crippen molar-refractivity contribution in [1.82, 2.24) is 4.90 Å². The van der Waals surface area contributed by atoms with Gasteiger partial charge in [-0.2, -0.15) is 0 Å². The van der Waals surface area contributed by atoms with E-state index >= 15 is 0 Å². The van der Waals surface area contributed by atoms with Gasteiger partial charge in [-0.15, -0.1) is 0 Å². The van der Waals surface area contributed by atoms with Crippen LogP contribution in [0.3, 0.4) is 0 Å². The molecule has 0 amide bonds. The number of hydrogen-bond acceptors (Lipinski definition) is 12. The van der Waals surface area contributed by atoms with E-state index in [0.717, 1.165) is 0 Å². The molecule has 262 valence electrons. The van der Waals surface area contributed by atoms with Gasteiger partial charge in [0.05, 0.1) is 30.5 Å². The van der Waals surface area contributed by atoms with Crippen molar-refractivity contribution in [2.45, 2.75) is 86.8 Å². The maximum Gasteiger partial charge on any atom is 0.338 e. The van der Waals surface area contributed by atoms with Crippen molar-refractivity contribution in [3.05, 3.63) is 35.9 Å². The molecule has 6 aliphatic rings. The second kappa shape index (κ2) is 11.7. The highest BCUT2D eigenvalue weighted by Crippen LogP contribution is 2.80. The molecule has 7 rings (SSSR count). The topological polar surface area (TPSA) is 146 Å². The average Bonchev–Trinajstić information content (AvgIpc) is 3.45. The van der Waals surface area contributed by atoms with E-state index < -0.39 is 88.7 Å². The van der Waals surface area contributed by atoms with Gasteiger partial charge in [-0.05, 0) is 37.9 Å². The minimum Gasteiger partial charge on any atom is -0.455 e. The summed E-state index contributed by atoms with van der Waals surface area (Å²) in [6.45, 7) is 5.35. The van der Waals surface area contributed by atoms with Gasteiger partial charge in [0.2, 0.25) is 0 Å². The molecule has 47 heavy (non-hydrogen) atoms. The number of aliphatic hydroxyl groups excluding tert-OH is 2. The monoisotopic (exact) mass is 661 g/mol. The van der Waals surface area contributed by atoms with Crippen LogP contribution in [0.5, 0.6) is 0 Å². The van der Waals surface area contributed by atoms with Crippen LogP contribution in [0.15, 0.2) is 30.3 Å². The van der Waals surface area contributed by atoms with Crippen LogP contribution in [0.1, 0.15) is 37.0 Å². The summed E-state index contributed by atoms with van der Waals surface area (Å²) >= 11 is 0. The number of nitrogens with zero attached hydrogens (tertiary/aromatic N) is 1. The molecule has 1 spiro atoms. The first-order valence-corrected chi connectivity index (χ1v) is 16.9. The molecule has 1 saturated heterocycles. The van der Waals surface area contributed by atoms with Crippen molar-refractivity contribution < 1.29 is 53.3 Å². The third-order valence-electron chi connectivity index (χ3n) is 13.5. The van der Waals surface area contributed by atoms with Gasteiger partial charge in [-0.3, -0.25) is 4.90 Å². The van der Waals surface area contributed by atoms with E-state index in [0.29, 0.717) is 25.1 Å². The van der Waals surface area contributed by atoms with Crippen LogP contribution in [0, 0.1) is 34.5 Å². The number of rotatable bonds is 11. The highest BCUT2D eigenvalue weighted by molar-refractivity contribution is 5.89. The summed E-state index contributed by atoms with van der Waals surface area (Å²) in [6.07, 6.45) is -5.62. The number of fused-ring (bicyclic) bond motifs is 2. The van der Waals surface area contributed by atoms with E-state index in [1.165, 1.54) is 7.11 Å². The molecule has 0 radical (unpaired) electrons. The number of carbonyl (C=O) groups excluding carboxylic acids is 1. The third kappa shape index (κ3) is 3.97. The molecular formula is C35H51NO11. The first kappa shape index (κ1) is 33.8. The number of piperidine rings is 1. The Bertz CT molecular complexity index is 1340. The molecule has 16 unspecified atom stereocenters. The molecule has 6 fully saturated rings. The summed E-state index contributed by atoms with van der Waals surface area (Å²) in [5, 5.41) is 37.6. The van der Waals surface area contributed by atoms with Crippen LogP contribution in [0.25, 0.3) is 0 Å². The quantitative estimate of drug-likeness (QED) is 0.231. The Morgan fingerprint density at radius 2 is 1.74 bits per heavy atom. The second-order valence-corrected chi connectivity index (χ2v) is 14.7. The Balaban J connectivity index is 1.53. The Morgan fingerprint density at radius 1 is 1.02 bits per heavy atom. The number of hydrogen-bond donors (Lipinski definition) is 3. The predicted octanol–water partition coefficient (Wildman–Crippen LogP) is 1.09. The number of aliphatic hydroxyl groups is 3. The second-order valence-electron chi connectivity index (χ2n) is 14.7. The standard InChI is InChI=1S/C35H51NO11/c1-8-36-16-32(17-41-3)21(37)14-22(43-5)34-20-15-33(40)29(46-31(39)19-12-10-9-11-13-19)23(20)35(47-18(2)42-4,28(38)30(33)45-7)24(27(34)36)25(44-6)26(32)34/h9-13,18,20-30,37-38,40H,8,14-17H2,1-7H3. The fourth-order valence-corrected chi connectivity index (χ4v) is 12.4. The van der Waals surface area contributed by atoms with Gasteiger partial charge < -0.3 is 48.5 Å². The minimum atomic E-state index is -1.76. The lowest BCUT2D eigenvalue weighted by molar-refractivity contribution is -0.355. The molecule has 12 nitrogen and oxygen atoms in total. The molecule has 5 aliphatic carbocycles. The molecule has 7 bridgehead atoms. The maximum absolute atomic E-state index is 13.8. The van der Waals surface area contributed by atoms with Crippen molar-refractivity contribution in [2.24, 2.45) is 34.5 Å². The van der Waals surface area contributed by atoms with Crippen molar-refractivity contribution in [3.8, 4) is 0 Å². The molecular weight excluding hydrogens is 610 g/mol. The number of benzene rings is 1. The summed E-state index contributed by atoms with van der Waals surface area (Å²) in [7, 11) is 8.01. The number of ether oxygens (including phenoxy) is 7. The van der Waals surface area contributed by atoms with Crippen LogP contribution >= 0.6 is 0 Å². The van der Waals surface area contributed by atoms with Gasteiger partial charge in [-0.25, -0.2) is 4.79 Å². The highest BCUT2D eigenvalue weighted by atomic mass is 16.7. The molecule has 12 heteroatoms. The third-order valence-corrected chi connectivity index (χ3v) is 13.5. The van der Waals surface area contributed by atoms with Crippen LogP contribution in [0.2, 0.25) is 0 Å². The van der Waals surface area contributed by atoms with Gasteiger partial charge in [0.1, 0.15) is 29.5 Å². The van der Waals surface area contributed by atoms with E-state index in [4.69, 9.17) is 33.2 Å². The Labute approximate surface area is 276 Å². The lowest BCUT2D eigenvalue weighted by Gasteiger charge is -2.70. The zero-order chi connectivity index (χ0) is 33.7. The van der Waals surface area contributed by atoms with Crippen LogP contribution in [-0.2, 0) is 33.2 Å². The van der Waals surface area contributed by atoms with Crippen LogP contribution < -0.4 is 0 Å². The molecule has 1 aromatic carbocycles. The summed E-state index contributed by atoms with van der Waals surface area (Å²) < 4.78 is 44.1. The highest BCUT2D eigenvalue weighted by Gasteiger charge is 2.91. The smallest absolute Gasteiger partial charge is 0.338 e. The van der Waals surface area contributed by atoms with E-state index in [-0.39, 0.29) is 25.0 Å². The SMILES string of the molecule is CCN1CC2(COC)C(O)CC(OC)C34C5CC6(O)C(OC)C(O)C(OC(C)OC)(C5C6OC(=O)c5ccccc5)C(C(OC)C23)C14. The molecule has 0 aromatic heterocycles. The lowest BCUT2D eigenvalue weighted by atomic mass is 9.42. The van der Waals surface area contributed by atoms with Crippen LogP contribution in [-0.4, -0.2) is 142 Å². The number of methoxy groups -OCH3 is 5. The Kier molecular flexibility index (Phi) is 8.39. The first-order valence-electron chi connectivity index (χ1n) is 16.9. The fraction of sp³-hybridized carbons (Fsp3) is 0.800. The van der Waals surface area contributed by atoms with E-state index in [2.05, 4.69) is 11.8 Å². The summed E-state index contributed by atoms with van der Waals surface area (Å²) in [5.41, 5.74) is -4.33. The van der Waals surface area contributed by atoms with Crippen LogP contribution in [0.4, 0.5) is 0 Å². The molecule has 1 heterocycles. The van der Waals surface area contributed by atoms with Gasteiger partial charge in [0.15, 0.2) is 6.29 Å². The predicted molar refractivity (Wildman–Crippen MR) is 166 cm³/mol. The van der Waals surface area contributed by atoms with Gasteiger partial charge in [-0.1, -0.05) is 25.1 Å². The minimum absolute atomic E-state index is 0.152. The van der Waals surface area contributed by atoms with Crippen molar-refractivity contribution in [1.29, 1.82) is 0 Å². The molecule has 5 saturated carbocycles. The maximum atomic E-state index is 13.8. The largest absolute Gasteiger partial charge is 0.455 e. The van der Waals surface area contributed by atoms with Gasteiger partial charge in [0.25, 0.3) is 0 Å². The molecule has 1 aromatic rings. The fourth-order valence-electron chi connectivity index (χ4n) is 12.4. The normalized spacial score (nSPS) is 50.0. The van der Waals surface area contributed by atoms with Gasteiger partial charge >= 0.3 is 5.97 Å². The average molecular weight is 662 g/mol. The molecule has 1 aliphatic heterocycles. The van der Waals surface area contributed by atoms with E-state index in [1.807, 2.05) is 6.07 Å². The number of esters is 1. The number of carbonyl (C=O) groups is 1. The summed E-state index contributed by atoms with van der Waals surface area (Å²) in [6, 6.07) is 8.45. The molecule has 16 atom stereocenters. The van der Waals surface area contributed by atoms with Gasteiger partial charge in [0, 0.05) is 83.1 Å². The van der Waals surface area contributed by atoms with Crippen molar-refractivity contribution in [2.75, 3.05) is 55.2 Å². The Hall–Kier alpha value is -1.71. The first-order chi connectivity index (χ1) is 22.5. The van der Waals surface area contributed by atoms with E-state index in [9.17, 15) is 20.1 Å². The zero-order valence-electron chi connectivity index (χ0n) is 28.4. The van der Waals surface area contributed by atoms with Crippen molar-refractivity contribution >= 4 is 5.97 Å². The summed E-state index contributed by atoms with van der Waals surface area (Å²) in [4.78, 5) is 16.2. The number of likely N-dealkylation sites (tertiary alicyclic amines) is 1. The summed E-state index contributed by atoms with van der Waals surface area (Å²) in [5.74, 6) is -2.52.